The molecule has 0 amide bonds. The third-order valence-electron chi connectivity index (χ3n) is 6.56. The highest BCUT2D eigenvalue weighted by molar-refractivity contribution is 5.97. The van der Waals surface area contributed by atoms with E-state index in [4.69, 9.17) is 4.74 Å². The zero-order chi connectivity index (χ0) is 23.8. The van der Waals surface area contributed by atoms with Crippen molar-refractivity contribution in [3.05, 3.63) is 89.0 Å². The van der Waals surface area contributed by atoms with E-state index in [0.29, 0.717) is 5.56 Å². The predicted molar refractivity (Wildman–Crippen MR) is 137 cm³/mol. The molecule has 0 spiro atoms. The monoisotopic (exact) mass is 443 g/mol. The molecule has 0 N–H and O–H groups in total. The summed E-state index contributed by atoms with van der Waals surface area (Å²) in [4.78, 5) is 19.6. The van der Waals surface area contributed by atoms with E-state index >= 15 is 0 Å². The Bertz CT molecular complexity index is 1130. The molecule has 5 heteroatoms. The highest BCUT2D eigenvalue weighted by Gasteiger charge is 2.48. The molecule has 1 aliphatic heterocycles. The molecular weight excluding hydrogens is 410 g/mol. The summed E-state index contributed by atoms with van der Waals surface area (Å²) in [6, 6.07) is 22.7. The first kappa shape index (κ1) is 22.7. The third kappa shape index (κ3) is 3.82. The van der Waals surface area contributed by atoms with Crippen LogP contribution < -0.4 is 14.7 Å². The molecule has 5 nitrogen and oxygen atoms in total. The molecule has 0 aromatic heterocycles. The third-order valence-corrected chi connectivity index (χ3v) is 6.56. The number of ether oxygens (including phenoxy) is 1. The summed E-state index contributed by atoms with van der Waals surface area (Å²) in [7, 11) is 7.98. The van der Waals surface area contributed by atoms with Crippen LogP contribution in [0.5, 0.6) is 0 Å². The smallest absolute Gasteiger partial charge is 0.340 e. The van der Waals surface area contributed by atoms with Crippen LogP contribution in [0.3, 0.4) is 0 Å². The van der Waals surface area contributed by atoms with Crippen LogP contribution >= 0.6 is 0 Å². The molecule has 172 valence electrons. The van der Waals surface area contributed by atoms with Crippen molar-refractivity contribution in [3.8, 4) is 0 Å². The molecule has 3 aromatic carbocycles. The van der Waals surface area contributed by atoms with Gasteiger partial charge in [-0.3, -0.25) is 0 Å². The summed E-state index contributed by atoms with van der Waals surface area (Å²) < 4.78 is 6.29. The van der Waals surface area contributed by atoms with Crippen LogP contribution in [0.2, 0.25) is 0 Å². The first-order valence-electron chi connectivity index (χ1n) is 11.5. The normalized spacial score (nSPS) is 16.8. The van der Waals surface area contributed by atoms with Crippen LogP contribution in [0.15, 0.2) is 66.7 Å². The van der Waals surface area contributed by atoms with Gasteiger partial charge in [0.1, 0.15) is 0 Å². The van der Waals surface area contributed by atoms with Crippen LogP contribution in [0.4, 0.5) is 17.1 Å². The van der Waals surface area contributed by atoms with Gasteiger partial charge in [0.05, 0.1) is 5.56 Å². The van der Waals surface area contributed by atoms with Crippen molar-refractivity contribution in [2.24, 2.45) is 0 Å². The van der Waals surface area contributed by atoms with Crippen molar-refractivity contribution >= 4 is 23.0 Å². The molecule has 4 rings (SSSR count). The number of nitrogens with zero attached hydrogens (tertiary/aromatic N) is 3. The zero-order valence-electron chi connectivity index (χ0n) is 20.4. The van der Waals surface area contributed by atoms with Crippen molar-refractivity contribution < 1.29 is 9.53 Å². The first-order valence-corrected chi connectivity index (χ1v) is 11.5. The van der Waals surface area contributed by atoms with Crippen molar-refractivity contribution in [1.82, 2.24) is 0 Å². The summed E-state index contributed by atoms with van der Waals surface area (Å²) in [6.45, 7) is 6.20. The molecule has 33 heavy (non-hydrogen) atoms. The van der Waals surface area contributed by atoms with E-state index in [-0.39, 0.29) is 5.97 Å². The quantitative estimate of drug-likeness (QED) is 0.473. The Kier molecular flexibility index (Phi) is 6.07. The second-order valence-corrected chi connectivity index (χ2v) is 8.86. The van der Waals surface area contributed by atoms with Gasteiger partial charge in [0.25, 0.3) is 0 Å². The molecule has 0 bridgehead atoms. The fourth-order valence-corrected chi connectivity index (χ4v) is 4.62. The van der Waals surface area contributed by atoms with Crippen LogP contribution in [0, 0.1) is 0 Å². The molecule has 0 aliphatic carbocycles. The lowest BCUT2D eigenvalue weighted by atomic mass is 9.79. The topological polar surface area (TPSA) is 36.0 Å². The lowest BCUT2D eigenvalue weighted by molar-refractivity contribution is 0.0251. The van der Waals surface area contributed by atoms with Crippen LogP contribution in [0.1, 0.15) is 40.9 Å². The van der Waals surface area contributed by atoms with Gasteiger partial charge in [0, 0.05) is 75.0 Å². The highest BCUT2D eigenvalue weighted by atomic mass is 16.6. The van der Waals surface area contributed by atoms with Gasteiger partial charge in [-0.2, -0.15) is 0 Å². The Morgan fingerprint density at radius 1 is 0.697 bits per heavy atom. The van der Waals surface area contributed by atoms with Gasteiger partial charge in [-0.1, -0.05) is 30.3 Å². The minimum Gasteiger partial charge on any atom is -0.441 e. The number of esters is 1. The Morgan fingerprint density at radius 2 is 1.18 bits per heavy atom. The molecule has 3 aromatic rings. The Hall–Kier alpha value is -3.47. The van der Waals surface area contributed by atoms with Crippen LogP contribution in [-0.2, 0) is 10.3 Å². The van der Waals surface area contributed by atoms with Gasteiger partial charge in [0.15, 0.2) is 5.60 Å². The molecule has 0 saturated carbocycles. The van der Waals surface area contributed by atoms with Gasteiger partial charge in [0.2, 0.25) is 0 Å². The summed E-state index contributed by atoms with van der Waals surface area (Å²) in [5.74, 6) is -0.293. The zero-order valence-corrected chi connectivity index (χ0v) is 20.4. The van der Waals surface area contributed by atoms with E-state index in [1.54, 1.807) is 0 Å². The van der Waals surface area contributed by atoms with E-state index < -0.39 is 5.60 Å². The van der Waals surface area contributed by atoms with Crippen molar-refractivity contribution in [3.63, 3.8) is 0 Å². The molecule has 0 saturated heterocycles. The maximum atomic E-state index is 13.2. The fraction of sp³-hybridized carbons (Fsp3) is 0.321. The van der Waals surface area contributed by atoms with E-state index in [1.807, 2.05) is 51.3 Å². The standard InChI is InChI=1S/C28H33N3O2/c1-7-31(8-2)23-15-11-21(12-16-23)28(20-9-13-22(14-10-20)29(3)4)26-18-17-24(30(5)6)19-25(26)27(32)33-28/h9-19H,7-8H2,1-6H3. The molecule has 1 heterocycles. The van der Waals surface area contributed by atoms with E-state index in [9.17, 15) is 4.79 Å². The minimum absolute atomic E-state index is 0.293. The number of carbonyl (C=O) groups is 1. The number of cyclic esters (lactones) is 1. The van der Waals surface area contributed by atoms with Crippen LogP contribution in [-0.4, -0.2) is 47.2 Å². The van der Waals surface area contributed by atoms with Crippen LogP contribution in [0.25, 0.3) is 0 Å². The highest BCUT2D eigenvalue weighted by Crippen LogP contribution is 2.48. The van der Waals surface area contributed by atoms with Gasteiger partial charge in [-0.05, 0) is 50.2 Å². The Balaban J connectivity index is 1.91. The van der Waals surface area contributed by atoms with Crippen molar-refractivity contribution in [2.45, 2.75) is 19.4 Å². The van der Waals surface area contributed by atoms with Gasteiger partial charge in [-0.15, -0.1) is 0 Å². The fourth-order valence-electron chi connectivity index (χ4n) is 4.62. The Labute approximate surface area is 197 Å². The number of benzene rings is 3. The number of rotatable bonds is 7. The summed E-state index contributed by atoms with van der Waals surface area (Å²) >= 11 is 0. The number of hydrogen-bond acceptors (Lipinski definition) is 5. The number of anilines is 3. The number of fused-ring (bicyclic) bond motifs is 1. The Morgan fingerprint density at radius 3 is 1.67 bits per heavy atom. The summed E-state index contributed by atoms with van der Waals surface area (Å²) in [5, 5.41) is 0. The van der Waals surface area contributed by atoms with Gasteiger partial charge < -0.3 is 19.4 Å². The SMILES string of the molecule is CCN(CC)c1ccc(C2(c3ccc(N(C)C)cc3)OC(=O)c3cc(N(C)C)ccc32)cc1. The van der Waals surface area contributed by atoms with Gasteiger partial charge >= 0.3 is 5.97 Å². The lowest BCUT2D eigenvalue weighted by Gasteiger charge is -2.31. The second-order valence-electron chi connectivity index (χ2n) is 8.86. The molecule has 1 atom stereocenters. The predicted octanol–water partition coefficient (Wildman–Crippen LogP) is 5.13. The number of hydrogen-bond donors (Lipinski definition) is 0. The van der Waals surface area contributed by atoms with E-state index in [0.717, 1.165) is 46.8 Å². The van der Waals surface area contributed by atoms with Crippen molar-refractivity contribution in [1.29, 1.82) is 0 Å². The summed E-state index contributed by atoms with van der Waals surface area (Å²) in [6.07, 6.45) is 0. The maximum Gasteiger partial charge on any atom is 0.340 e. The van der Waals surface area contributed by atoms with Gasteiger partial charge in [-0.25, -0.2) is 4.79 Å². The minimum atomic E-state index is -0.982. The molecule has 0 radical (unpaired) electrons. The average Bonchev–Trinajstić information content (AvgIpc) is 3.13. The molecule has 1 unspecified atom stereocenters. The lowest BCUT2D eigenvalue weighted by Crippen LogP contribution is -2.30. The van der Waals surface area contributed by atoms with Crippen molar-refractivity contribution in [2.75, 3.05) is 56.0 Å². The largest absolute Gasteiger partial charge is 0.441 e. The first-order chi connectivity index (χ1) is 15.8. The molecule has 0 fully saturated rings. The second kappa shape index (κ2) is 8.81. The molecule has 1 aliphatic rings. The summed E-state index contributed by atoms with van der Waals surface area (Å²) in [5.41, 5.74) is 5.63. The average molecular weight is 444 g/mol. The van der Waals surface area contributed by atoms with E-state index in [2.05, 4.69) is 72.2 Å². The maximum absolute atomic E-state index is 13.2. The van der Waals surface area contributed by atoms with E-state index in [1.165, 1.54) is 0 Å². The number of carbonyl (C=O) groups excluding carboxylic acids is 1. The molecular formula is C28H33N3O2.